The van der Waals surface area contributed by atoms with E-state index in [1.165, 1.54) is 4.90 Å². The van der Waals surface area contributed by atoms with E-state index < -0.39 is 5.97 Å². The van der Waals surface area contributed by atoms with Crippen molar-refractivity contribution in [1.82, 2.24) is 9.47 Å². The van der Waals surface area contributed by atoms with E-state index in [2.05, 4.69) is 0 Å². The summed E-state index contributed by atoms with van der Waals surface area (Å²) in [5, 5.41) is 0. The molecule has 1 aromatic heterocycles. The molecule has 0 saturated heterocycles. The Labute approximate surface area is 158 Å². The van der Waals surface area contributed by atoms with Gasteiger partial charge in [-0.15, -0.1) is 0 Å². The fourth-order valence-corrected chi connectivity index (χ4v) is 3.06. The van der Waals surface area contributed by atoms with Crippen LogP contribution >= 0.6 is 0 Å². The van der Waals surface area contributed by atoms with Crippen LogP contribution in [0.1, 0.15) is 32.1 Å². The molecule has 0 aliphatic heterocycles. The van der Waals surface area contributed by atoms with Crippen LogP contribution in [0.2, 0.25) is 0 Å². The standard InChI is InChI=1S/C22H22N2O3/c1-15-13-20(16(2)24(15)18-10-6-5-7-11-18)22(26)27-19-12-8-9-17(14-19)21(25)23(3)4/h5-14H,1-4H3. The van der Waals surface area contributed by atoms with E-state index in [0.29, 0.717) is 16.9 Å². The quantitative estimate of drug-likeness (QED) is 0.520. The molecule has 0 radical (unpaired) electrons. The second-order valence-electron chi connectivity index (χ2n) is 6.57. The topological polar surface area (TPSA) is 51.5 Å². The highest BCUT2D eigenvalue weighted by molar-refractivity contribution is 5.95. The van der Waals surface area contributed by atoms with E-state index in [4.69, 9.17) is 4.74 Å². The summed E-state index contributed by atoms with van der Waals surface area (Å²) in [4.78, 5) is 26.3. The Balaban J connectivity index is 1.88. The van der Waals surface area contributed by atoms with Crippen LogP contribution in [0.15, 0.2) is 60.7 Å². The summed E-state index contributed by atoms with van der Waals surface area (Å²) in [7, 11) is 3.36. The minimum atomic E-state index is -0.445. The van der Waals surface area contributed by atoms with Crippen molar-refractivity contribution < 1.29 is 14.3 Å². The van der Waals surface area contributed by atoms with Crippen LogP contribution in [0, 0.1) is 13.8 Å². The average molecular weight is 362 g/mol. The number of carbonyl (C=O) groups is 2. The molecule has 0 fully saturated rings. The fourth-order valence-electron chi connectivity index (χ4n) is 3.06. The monoisotopic (exact) mass is 362 g/mol. The number of hydrogen-bond acceptors (Lipinski definition) is 3. The molecule has 138 valence electrons. The number of rotatable bonds is 4. The molecule has 5 nitrogen and oxygen atoms in total. The minimum Gasteiger partial charge on any atom is -0.423 e. The van der Waals surface area contributed by atoms with Gasteiger partial charge < -0.3 is 14.2 Å². The Hall–Kier alpha value is -3.34. The lowest BCUT2D eigenvalue weighted by Gasteiger charge is -2.11. The molecule has 0 aliphatic carbocycles. The zero-order valence-electron chi connectivity index (χ0n) is 15.9. The summed E-state index contributed by atoms with van der Waals surface area (Å²) in [6.45, 7) is 3.84. The molecule has 27 heavy (non-hydrogen) atoms. The lowest BCUT2D eigenvalue weighted by Crippen LogP contribution is -2.21. The Morgan fingerprint density at radius 2 is 1.63 bits per heavy atom. The van der Waals surface area contributed by atoms with Gasteiger partial charge in [0, 0.05) is 36.7 Å². The number of esters is 1. The van der Waals surface area contributed by atoms with Crippen molar-refractivity contribution in [1.29, 1.82) is 0 Å². The first-order valence-electron chi connectivity index (χ1n) is 8.66. The molecule has 0 aliphatic rings. The Morgan fingerprint density at radius 1 is 0.926 bits per heavy atom. The summed E-state index contributed by atoms with van der Waals surface area (Å²) in [5.41, 5.74) is 3.72. The van der Waals surface area contributed by atoms with Crippen molar-refractivity contribution in [3.05, 3.63) is 83.2 Å². The predicted molar refractivity (Wildman–Crippen MR) is 105 cm³/mol. The van der Waals surface area contributed by atoms with Crippen LogP contribution in [0.4, 0.5) is 0 Å². The van der Waals surface area contributed by atoms with Gasteiger partial charge in [-0.05, 0) is 50.2 Å². The van der Waals surface area contributed by atoms with Crippen LogP contribution in [0.25, 0.3) is 5.69 Å². The smallest absolute Gasteiger partial charge is 0.345 e. The third-order valence-corrected chi connectivity index (χ3v) is 4.36. The van der Waals surface area contributed by atoms with Crippen molar-refractivity contribution in [3.63, 3.8) is 0 Å². The first kappa shape index (κ1) is 18.5. The normalized spacial score (nSPS) is 10.5. The number of para-hydroxylation sites is 1. The summed E-state index contributed by atoms with van der Waals surface area (Å²) in [6, 6.07) is 18.3. The summed E-state index contributed by atoms with van der Waals surface area (Å²) >= 11 is 0. The van der Waals surface area contributed by atoms with E-state index >= 15 is 0 Å². The van der Waals surface area contributed by atoms with Gasteiger partial charge >= 0.3 is 5.97 Å². The van der Waals surface area contributed by atoms with E-state index in [9.17, 15) is 9.59 Å². The van der Waals surface area contributed by atoms with E-state index in [1.54, 1.807) is 38.4 Å². The minimum absolute atomic E-state index is 0.143. The first-order chi connectivity index (χ1) is 12.9. The van der Waals surface area contributed by atoms with E-state index in [1.807, 2.05) is 54.8 Å². The zero-order chi connectivity index (χ0) is 19.6. The van der Waals surface area contributed by atoms with Gasteiger partial charge in [-0.1, -0.05) is 24.3 Å². The van der Waals surface area contributed by atoms with Crippen LogP contribution in [-0.2, 0) is 0 Å². The molecule has 2 aromatic carbocycles. The molecule has 3 aromatic rings. The molecule has 0 N–H and O–H groups in total. The molecule has 0 atom stereocenters. The highest BCUT2D eigenvalue weighted by atomic mass is 16.5. The first-order valence-corrected chi connectivity index (χ1v) is 8.66. The van der Waals surface area contributed by atoms with Gasteiger partial charge in [0.05, 0.1) is 5.56 Å². The maximum absolute atomic E-state index is 12.7. The second-order valence-corrected chi connectivity index (χ2v) is 6.57. The molecule has 3 rings (SSSR count). The molecule has 0 saturated carbocycles. The van der Waals surface area contributed by atoms with Crippen LogP contribution in [-0.4, -0.2) is 35.4 Å². The summed E-state index contributed by atoms with van der Waals surface area (Å²) < 4.78 is 7.55. The van der Waals surface area contributed by atoms with Crippen LogP contribution in [0.5, 0.6) is 5.75 Å². The van der Waals surface area contributed by atoms with E-state index in [-0.39, 0.29) is 5.91 Å². The number of nitrogens with zero attached hydrogens (tertiary/aromatic N) is 2. The molecule has 0 unspecified atom stereocenters. The van der Waals surface area contributed by atoms with Gasteiger partial charge in [0.15, 0.2) is 0 Å². The fraction of sp³-hybridized carbons (Fsp3) is 0.182. The molecular weight excluding hydrogens is 340 g/mol. The molecular formula is C22H22N2O3. The van der Waals surface area contributed by atoms with Gasteiger partial charge in [-0.3, -0.25) is 4.79 Å². The maximum atomic E-state index is 12.7. The highest BCUT2D eigenvalue weighted by Crippen LogP contribution is 2.23. The number of hydrogen-bond donors (Lipinski definition) is 0. The van der Waals surface area contributed by atoms with Crippen molar-refractivity contribution in [2.45, 2.75) is 13.8 Å². The molecule has 5 heteroatoms. The molecule has 0 bridgehead atoms. The molecule has 0 spiro atoms. The van der Waals surface area contributed by atoms with Crippen LogP contribution < -0.4 is 4.74 Å². The second kappa shape index (κ2) is 7.50. The van der Waals surface area contributed by atoms with Gasteiger partial charge in [-0.25, -0.2) is 4.79 Å². The number of benzene rings is 2. The van der Waals surface area contributed by atoms with Crippen molar-refractivity contribution >= 4 is 11.9 Å². The lowest BCUT2D eigenvalue weighted by atomic mass is 10.2. The van der Waals surface area contributed by atoms with Gasteiger partial charge in [0.25, 0.3) is 5.91 Å². The van der Waals surface area contributed by atoms with Crippen molar-refractivity contribution in [2.24, 2.45) is 0 Å². The third kappa shape index (κ3) is 3.77. The zero-order valence-corrected chi connectivity index (χ0v) is 15.9. The molecule has 1 heterocycles. The summed E-state index contributed by atoms with van der Waals surface area (Å²) in [6.07, 6.45) is 0. The number of amides is 1. The van der Waals surface area contributed by atoms with Crippen molar-refractivity contribution in [2.75, 3.05) is 14.1 Å². The maximum Gasteiger partial charge on any atom is 0.345 e. The number of aryl methyl sites for hydroxylation is 1. The lowest BCUT2D eigenvalue weighted by molar-refractivity contribution is 0.0730. The SMILES string of the molecule is Cc1cc(C(=O)Oc2cccc(C(=O)N(C)C)c2)c(C)n1-c1ccccc1. The molecule has 1 amide bonds. The average Bonchev–Trinajstić information content (AvgIpc) is 2.96. The number of carbonyl (C=O) groups excluding carboxylic acids is 2. The van der Waals surface area contributed by atoms with Gasteiger partial charge in [0.2, 0.25) is 0 Å². The van der Waals surface area contributed by atoms with Gasteiger partial charge in [0.1, 0.15) is 5.75 Å². The summed E-state index contributed by atoms with van der Waals surface area (Å²) in [5.74, 6) is -0.243. The van der Waals surface area contributed by atoms with Crippen molar-refractivity contribution in [3.8, 4) is 11.4 Å². The number of ether oxygens (including phenoxy) is 1. The third-order valence-electron chi connectivity index (χ3n) is 4.36. The van der Waals surface area contributed by atoms with E-state index in [0.717, 1.165) is 17.1 Å². The number of aromatic nitrogens is 1. The largest absolute Gasteiger partial charge is 0.423 e. The van der Waals surface area contributed by atoms with Crippen LogP contribution in [0.3, 0.4) is 0 Å². The highest BCUT2D eigenvalue weighted by Gasteiger charge is 2.19. The Morgan fingerprint density at radius 3 is 2.30 bits per heavy atom. The predicted octanol–water partition coefficient (Wildman–Crippen LogP) is 4.02. The van der Waals surface area contributed by atoms with Gasteiger partial charge in [-0.2, -0.15) is 0 Å². The Bertz CT molecular complexity index is 988. The Kier molecular flexibility index (Phi) is 5.12.